The van der Waals surface area contributed by atoms with Crippen molar-refractivity contribution in [2.45, 2.75) is 33.6 Å². The first-order valence-electron chi connectivity index (χ1n) is 7.30. The minimum Gasteiger partial charge on any atom is -0.463 e. The molecule has 1 heterocycles. The molecule has 20 heavy (non-hydrogen) atoms. The van der Waals surface area contributed by atoms with Gasteiger partial charge in [-0.3, -0.25) is 0 Å². The van der Waals surface area contributed by atoms with Gasteiger partial charge in [0, 0.05) is 13.1 Å². The first-order chi connectivity index (χ1) is 9.69. The summed E-state index contributed by atoms with van der Waals surface area (Å²) in [5.74, 6) is 0.644. The van der Waals surface area contributed by atoms with Crippen LogP contribution >= 0.6 is 0 Å². The maximum absolute atomic E-state index is 5.64. The summed E-state index contributed by atoms with van der Waals surface area (Å²) < 4.78 is 5.37. The van der Waals surface area contributed by atoms with Crippen LogP contribution in [0.5, 0.6) is 6.01 Å². The molecule has 114 valence electrons. The van der Waals surface area contributed by atoms with Gasteiger partial charge in [0.25, 0.3) is 0 Å². The van der Waals surface area contributed by atoms with Crippen molar-refractivity contribution >= 4 is 11.9 Å². The standard InChI is InChI=1S/C13H26N6O/c1-4-8-19(6-3)9-7-15-12-16-11(14)17-13(18-12)20-10-5-2/h4-10H2,1-3H3,(H3,14,15,16,17,18). The topological polar surface area (TPSA) is 89.2 Å². The number of aromatic nitrogens is 3. The maximum atomic E-state index is 5.64. The molecular formula is C13H26N6O. The Kier molecular flexibility index (Phi) is 7.64. The number of ether oxygens (including phenoxy) is 1. The van der Waals surface area contributed by atoms with E-state index in [4.69, 9.17) is 10.5 Å². The fourth-order valence-corrected chi connectivity index (χ4v) is 1.78. The summed E-state index contributed by atoms with van der Waals surface area (Å²) in [6.07, 6.45) is 2.05. The molecule has 0 aromatic carbocycles. The molecule has 0 saturated carbocycles. The molecule has 0 aliphatic rings. The fourth-order valence-electron chi connectivity index (χ4n) is 1.78. The first kappa shape index (κ1) is 16.4. The van der Waals surface area contributed by atoms with Crippen molar-refractivity contribution in [3.63, 3.8) is 0 Å². The Morgan fingerprint density at radius 2 is 1.90 bits per heavy atom. The number of likely N-dealkylation sites (N-methyl/N-ethyl adjacent to an activating group) is 1. The van der Waals surface area contributed by atoms with E-state index in [0.29, 0.717) is 12.6 Å². The van der Waals surface area contributed by atoms with Crippen LogP contribution in [0.1, 0.15) is 33.6 Å². The summed E-state index contributed by atoms with van der Waals surface area (Å²) in [4.78, 5) is 14.6. The van der Waals surface area contributed by atoms with Gasteiger partial charge in [0.15, 0.2) is 0 Å². The Bertz CT molecular complexity index is 387. The molecule has 0 unspecified atom stereocenters. The highest BCUT2D eigenvalue weighted by Gasteiger charge is 2.06. The SMILES string of the molecule is CCCOc1nc(N)nc(NCCN(CC)CCC)n1. The second-order valence-electron chi connectivity index (χ2n) is 4.51. The van der Waals surface area contributed by atoms with Crippen LogP contribution in [0, 0.1) is 0 Å². The number of nitrogens with zero attached hydrogens (tertiary/aromatic N) is 4. The summed E-state index contributed by atoms with van der Waals surface area (Å²) >= 11 is 0. The molecule has 1 aromatic heterocycles. The lowest BCUT2D eigenvalue weighted by Gasteiger charge is -2.19. The van der Waals surface area contributed by atoms with Crippen molar-refractivity contribution in [1.82, 2.24) is 19.9 Å². The predicted molar refractivity (Wildman–Crippen MR) is 80.9 cm³/mol. The van der Waals surface area contributed by atoms with Crippen molar-refractivity contribution < 1.29 is 4.74 Å². The highest BCUT2D eigenvalue weighted by Crippen LogP contribution is 2.08. The third-order valence-corrected chi connectivity index (χ3v) is 2.77. The van der Waals surface area contributed by atoms with Gasteiger partial charge in [-0.25, -0.2) is 0 Å². The van der Waals surface area contributed by atoms with Crippen molar-refractivity contribution in [2.75, 3.05) is 43.8 Å². The molecule has 0 aliphatic heterocycles. The first-order valence-corrected chi connectivity index (χ1v) is 7.30. The molecule has 0 bridgehead atoms. The molecule has 0 atom stereocenters. The van der Waals surface area contributed by atoms with Crippen molar-refractivity contribution in [3.05, 3.63) is 0 Å². The van der Waals surface area contributed by atoms with Crippen LogP contribution in [0.15, 0.2) is 0 Å². The van der Waals surface area contributed by atoms with Gasteiger partial charge in [0.1, 0.15) is 0 Å². The molecular weight excluding hydrogens is 256 g/mol. The Hall–Kier alpha value is -1.63. The zero-order valence-corrected chi connectivity index (χ0v) is 12.7. The van der Waals surface area contributed by atoms with Gasteiger partial charge in [-0.2, -0.15) is 15.0 Å². The molecule has 0 saturated heterocycles. The Morgan fingerprint density at radius 1 is 1.10 bits per heavy atom. The third kappa shape index (κ3) is 6.01. The second-order valence-corrected chi connectivity index (χ2v) is 4.51. The molecule has 0 spiro atoms. The van der Waals surface area contributed by atoms with Gasteiger partial charge in [0.05, 0.1) is 6.61 Å². The van der Waals surface area contributed by atoms with Gasteiger partial charge in [-0.1, -0.05) is 20.8 Å². The number of hydrogen-bond acceptors (Lipinski definition) is 7. The summed E-state index contributed by atoms with van der Waals surface area (Å²) in [5.41, 5.74) is 5.64. The average Bonchev–Trinajstić information content (AvgIpc) is 2.43. The highest BCUT2D eigenvalue weighted by atomic mass is 16.5. The van der Waals surface area contributed by atoms with Crippen molar-refractivity contribution in [3.8, 4) is 6.01 Å². The number of anilines is 2. The molecule has 7 heteroatoms. The van der Waals surface area contributed by atoms with E-state index in [1.807, 2.05) is 6.92 Å². The van der Waals surface area contributed by atoms with E-state index in [0.717, 1.165) is 39.0 Å². The lowest BCUT2D eigenvalue weighted by Crippen LogP contribution is -2.30. The van der Waals surface area contributed by atoms with E-state index < -0.39 is 0 Å². The van der Waals surface area contributed by atoms with Crippen LogP contribution in [-0.4, -0.2) is 52.6 Å². The Morgan fingerprint density at radius 3 is 2.55 bits per heavy atom. The number of hydrogen-bond donors (Lipinski definition) is 2. The van der Waals surface area contributed by atoms with Crippen LogP contribution in [-0.2, 0) is 0 Å². The van der Waals surface area contributed by atoms with Crippen molar-refractivity contribution in [2.24, 2.45) is 0 Å². The number of nitrogens with two attached hydrogens (primary N) is 1. The van der Waals surface area contributed by atoms with Crippen LogP contribution in [0.4, 0.5) is 11.9 Å². The minimum absolute atomic E-state index is 0.175. The smallest absolute Gasteiger partial charge is 0.323 e. The maximum Gasteiger partial charge on any atom is 0.323 e. The molecule has 0 amide bonds. The van der Waals surface area contributed by atoms with Crippen LogP contribution in [0.2, 0.25) is 0 Å². The Labute approximate surface area is 121 Å². The van der Waals surface area contributed by atoms with Crippen LogP contribution in [0.3, 0.4) is 0 Å². The lowest BCUT2D eigenvalue weighted by molar-refractivity contribution is 0.291. The molecule has 0 aliphatic carbocycles. The molecule has 1 aromatic rings. The normalized spacial score (nSPS) is 10.8. The largest absolute Gasteiger partial charge is 0.463 e. The summed E-state index contributed by atoms with van der Waals surface area (Å²) in [6.45, 7) is 10.8. The predicted octanol–water partition coefficient (Wildman–Crippen LogP) is 1.39. The summed E-state index contributed by atoms with van der Waals surface area (Å²) in [6, 6.07) is 0.280. The zero-order valence-electron chi connectivity index (χ0n) is 12.7. The monoisotopic (exact) mass is 282 g/mol. The van der Waals surface area contributed by atoms with E-state index in [1.54, 1.807) is 0 Å². The molecule has 0 radical (unpaired) electrons. The Balaban J connectivity index is 2.48. The van der Waals surface area contributed by atoms with Crippen LogP contribution < -0.4 is 15.8 Å². The second kappa shape index (κ2) is 9.30. The van der Waals surface area contributed by atoms with E-state index in [-0.39, 0.29) is 12.0 Å². The molecule has 7 nitrogen and oxygen atoms in total. The number of rotatable bonds is 10. The third-order valence-electron chi connectivity index (χ3n) is 2.77. The minimum atomic E-state index is 0.175. The van der Waals surface area contributed by atoms with Gasteiger partial charge in [0.2, 0.25) is 11.9 Å². The van der Waals surface area contributed by atoms with E-state index in [9.17, 15) is 0 Å². The number of nitrogens with one attached hydrogen (secondary N) is 1. The van der Waals surface area contributed by atoms with E-state index in [2.05, 4.69) is 39.0 Å². The summed E-state index contributed by atoms with van der Waals surface area (Å²) in [5, 5.41) is 3.16. The highest BCUT2D eigenvalue weighted by molar-refractivity contribution is 5.32. The van der Waals surface area contributed by atoms with E-state index in [1.165, 1.54) is 0 Å². The zero-order chi connectivity index (χ0) is 14.8. The van der Waals surface area contributed by atoms with Gasteiger partial charge >= 0.3 is 6.01 Å². The average molecular weight is 282 g/mol. The van der Waals surface area contributed by atoms with Gasteiger partial charge in [-0.05, 0) is 25.9 Å². The van der Waals surface area contributed by atoms with Crippen molar-refractivity contribution in [1.29, 1.82) is 0 Å². The van der Waals surface area contributed by atoms with Gasteiger partial charge < -0.3 is 20.7 Å². The molecule has 1 rings (SSSR count). The van der Waals surface area contributed by atoms with E-state index >= 15 is 0 Å². The molecule has 0 fully saturated rings. The van der Waals surface area contributed by atoms with Gasteiger partial charge in [-0.15, -0.1) is 0 Å². The molecule has 3 N–H and O–H groups in total. The van der Waals surface area contributed by atoms with Crippen LogP contribution in [0.25, 0.3) is 0 Å². The summed E-state index contributed by atoms with van der Waals surface area (Å²) in [7, 11) is 0. The number of nitrogen functional groups attached to an aromatic ring is 1. The quantitative estimate of drug-likeness (QED) is 0.670. The fraction of sp³-hybridized carbons (Fsp3) is 0.769. The lowest BCUT2D eigenvalue weighted by atomic mass is 10.4.